The SMILES string of the molecule is O=C(Nc1ccc(NC(=O)c2csc(-c3ccsc3)n2)cc1)NC1CC1. The molecule has 0 radical (unpaired) electrons. The fraction of sp³-hybridized carbons (Fsp3) is 0.167. The Bertz CT molecular complexity index is 915. The van der Waals surface area contributed by atoms with Gasteiger partial charge in [-0.05, 0) is 48.6 Å². The van der Waals surface area contributed by atoms with Gasteiger partial charge in [0.2, 0.25) is 0 Å². The summed E-state index contributed by atoms with van der Waals surface area (Å²) in [5, 5.41) is 15.0. The summed E-state index contributed by atoms with van der Waals surface area (Å²) in [6, 6.07) is 9.09. The Balaban J connectivity index is 1.36. The molecule has 6 nitrogen and oxygen atoms in total. The molecule has 0 bridgehead atoms. The largest absolute Gasteiger partial charge is 0.335 e. The van der Waals surface area contributed by atoms with Gasteiger partial charge in [-0.3, -0.25) is 4.79 Å². The van der Waals surface area contributed by atoms with E-state index in [1.807, 2.05) is 16.8 Å². The third kappa shape index (κ3) is 4.09. The van der Waals surface area contributed by atoms with Crippen molar-refractivity contribution in [3.8, 4) is 10.6 Å². The van der Waals surface area contributed by atoms with Gasteiger partial charge < -0.3 is 16.0 Å². The number of urea groups is 1. The van der Waals surface area contributed by atoms with Crippen molar-refractivity contribution in [3.63, 3.8) is 0 Å². The molecule has 3 aromatic rings. The number of benzene rings is 1. The molecule has 0 aliphatic heterocycles. The summed E-state index contributed by atoms with van der Waals surface area (Å²) >= 11 is 3.04. The van der Waals surface area contributed by atoms with Crippen LogP contribution in [0, 0.1) is 0 Å². The molecular weight excluding hydrogens is 368 g/mol. The van der Waals surface area contributed by atoms with Gasteiger partial charge in [-0.2, -0.15) is 11.3 Å². The van der Waals surface area contributed by atoms with Crippen LogP contribution in [0.4, 0.5) is 16.2 Å². The van der Waals surface area contributed by atoms with Crippen LogP contribution in [0.15, 0.2) is 46.5 Å². The molecular formula is C18H16N4O2S2. The lowest BCUT2D eigenvalue weighted by atomic mass is 10.2. The van der Waals surface area contributed by atoms with Crippen LogP contribution in [0.1, 0.15) is 23.3 Å². The molecule has 3 N–H and O–H groups in total. The van der Waals surface area contributed by atoms with Crippen molar-refractivity contribution in [3.05, 3.63) is 52.2 Å². The number of thiazole rings is 1. The molecule has 8 heteroatoms. The van der Waals surface area contributed by atoms with Crippen molar-refractivity contribution in [1.82, 2.24) is 10.3 Å². The number of anilines is 2. The van der Waals surface area contributed by atoms with E-state index in [1.165, 1.54) is 11.3 Å². The van der Waals surface area contributed by atoms with Crippen LogP contribution in [-0.2, 0) is 0 Å². The van der Waals surface area contributed by atoms with E-state index < -0.39 is 0 Å². The Morgan fingerprint density at radius 3 is 2.38 bits per heavy atom. The normalized spacial score (nSPS) is 13.2. The number of carbonyl (C=O) groups is 2. The minimum absolute atomic E-state index is 0.201. The highest BCUT2D eigenvalue weighted by Gasteiger charge is 2.23. The van der Waals surface area contributed by atoms with Crippen LogP contribution < -0.4 is 16.0 Å². The minimum atomic E-state index is -0.255. The van der Waals surface area contributed by atoms with Crippen molar-refractivity contribution >= 4 is 46.0 Å². The zero-order chi connectivity index (χ0) is 17.9. The summed E-state index contributed by atoms with van der Waals surface area (Å²) in [4.78, 5) is 28.4. The van der Waals surface area contributed by atoms with E-state index in [2.05, 4.69) is 20.9 Å². The number of nitrogens with one attached hydrogen (secondary N) is 3. The van der Waals surface area contributed by atoms with Crippen molar-refractivity contribution in [2.24, 2.45) is 0 Å². The first-order chi connectivity index (χ1) is 12.7. The Labute approximate surface area is 158 Å². The van der Waals surface area contributed by atoms with Crippen molar-refractivity contribution in [2.75, 3.05) is 10.6 Å². The van der Waals surface area contributed by atoms with Crippen molar-refractivity contribution in [2.45, 2.75) is 18.9 Å². The predicted octanol–water partition coefficient (Wildman–Crippen LogP) is 4.41. The van der Waals surface area contributed by atoms with Gasteiger partial charge in [0.05, 0.1) is 0 Å². The van der Waals surface area contributed by atoms with Crippen LogP contribution in [0.2, 0.25) is 0 Å². The topological polar surface area (TPSA) is 83.1 Å². The van der Waals surface area contributed by atoms with Crippen LogP contribution >= 0.6 is 22.7 Å². The first-order valence-corrected chi connectivity index (χ1v) is 9.97. The monoisotopic (exact) mass is 384 g/mol. The maximum atomic E-state index is 12.3. The van der Waals surface area contributed by atoms with Crippen molar-refractivity contribution in [1.29, 1.82) is 0 Å². The maximum absolute atomic E-state index is 12.3. The maximum Gasteiger partial charge on any atom is 0.319 e. The van der Waals surface area contributed by atoms with Gasteiger partial charge in [0.25, 0.3) is 5.91 Å². The molecule has 2 aromatic heterocycles. The fourth-order valence-electron chi connectivity index (χ4n) is 2.31. The molecule has 0 spiro atoms. The second-order valence-corrected chi connectivity index (χ2v) is 7.59. The zero-order valence-corrected chi connectivity index (χ0v) is 15.3. The second-order valence-electron chi connectivity index (χ2n) is 5.95. The average Bonchev–Trinajstić information content (AvgIpc) is 3.12. The number of nitrogens with zero attached hydrogens (tertiary/aromatic N) is 1. The summed E-state index contributed by atoms with van der Waals surface area (Å²) in [6.07, 6.45) is 2.09. The number of aromatic nitrogens is 1. The molecule has 1 aromatic carbocycles. The quantitative estimate of drug-likeness (QED) is 0.609. The van der Waals surface area contributed by atoms with Crippen LogP contribution in [0.3, 0.4) is 0 Å². The first kappa shape index (κ1) is 16.7. The van der Waals surface area contributed by atoms with Crippen molar-refractivity contribution < 1.29 is 9.59 Å². The van der Waals surface area contributed by atoms with Crippen LogP contribution in [0.25, 0.3) is 10.6 Å². The summed E-state index contributed by atoms with van der Waals surface area (Å²) in [5.74, 6) is -0.255. The molecule has 0 saturated heterocycles. The number of rotatable bonds is 5. The van der Waals surface area contributed by atoms with Gasteiger partial charge in [-0.15, -0.1) is 11.3 Å². The number of thiophene rings is 1. The molecule has 3 amide bonds. The third-order valence-electron chi connectivity index (χ3n) is 3.82. The van der Waals surface area contributed by atoms with E-state index in [0.29, 0.717) is 23.1 Å². The summed E-state index contributed by atoms with van der Waals surface area (Å²) < 4.78 is 0. The Kier molecular flexibility index (Phi) is 4.68. The molecule has 0 unspecified atom stereocenters. The lowest BCUT2D eigenvalue weighted by Crippen LogP contribution is -2.30. The zero-order valence-electron chi connectivity index (χ0n) is 13.7. The molecule has 0 atom stereocenters. The minimum Gasteiger partial charge on any atom is -0.335 e. The van der Waals surface area contributed by atoms with E-state index in [4.69, 9.17) is 0 Å². The molecule has 2 heterocycles. The standard InChI is InChI=1S/C18H16N4O2S2/c23-16(15-10-26-17(22-15)11-7-8-25-9-11)19-12-1-3-13(4-2-12)20-18(24)21-14-5-6-14/h1-4,7-10,14H,5-6H2,(H,19,23)(H2,20,21,24). The number of hydrogen-bond donors (Lipinski definition) is 3. The highest BCUT2D eigenvalue weighted by molar-refractivity contribution is 7.14. The summed E-state index contributed by atoms with van der Waals surface area (Å²) in [5.41, 5.74) is 2.74. The van der Waals surface area contributed by atoms with Gasteiger partial charge in [-0.25, -0.2) is 9.78 Å². The number of carbonyl (C=O) groups excluding carboxylic acids is 2. The molecule has 1 aliphatic rings. The fourth-order valence-corrected chi connectivity index (χ4v) is 3.82. The Morgan fingerprint density at radius 2 is 1.73 bits per heavy atom. The number of amides is 3. The van der Waals surface area contributed by atoms with Gasteiger partial charge in [0.15, 0.2) is 0 Å². The second kappa shape index (κ2) is 7.27. The molecule has 1 aliphatic carbocycles. The van der Waals surface area contributed by atoms with Crippen LogP contribution in [0.5, 0.6) is 0 Å². The lowest BCUT2D eigenvalue weighted by molar-refractivity contribution is 0.102. The highest BCUT2D eigenvalue weighted by Crippen LogP contribution is 2.26. The molecule has 26 heavy (non-hydrogen) atoms. The predicted molar refractivity (Wildman–Crippen MR) is 105 cm³/mol. The van der Waals surface area contributed by atoms with Gasteiger partial charge in [0, 0.05) is 33.7 Å². The van der Waals surface area contributed by atoms with Gasteiger partial charge >= 0.3 is 6.03 Å². The smallest absolute Gasteiger partial charge is 0.319 e. The third-order valence-corrected chi connectivity index (χ3v) is 5.39. The Hall–Kier alpha value is -2.71. The van der Waals surface area contributed by atoms with Gasteiger partial charge in [-0.1, -0.05) is 0 Å². The van der Waals surface area contributed by atoms with E-state index in [0.717, 1.165) is 23.4 Å². The van der Waals surface area contributed by atoms with E-state index in [1.54, 1.807) is 41.0 Å². The van der Waals surface area contributed by atoms with E-state index in [-0.39, 0.29) is 11.9 Å². The molecule has 1 saturated carbocycles. The lowest BCUT2D eigenvalue weighted by Gasteiger charge is -2.08. The molecule has 1 fully saturated rings. The number of hydrogen-bond acceptors (Lipinski definition) is 5. The molecule has 132 valence electrons. The van der Waals surface area contributed by atoms with Gasteiger partial charge in [0.1, 0.15) is 10.7 Å². The summed E-state index contributed by atoms with van der Waals surface area (Å²) in [7, 11) is 0. The Morgan fingerprint density at radius 1 is 1.00 bits per heavy atom. The molecule has 4 rings (SSSR count). The highest BCUT2D eigenvalue weighted by atomic mass is 32.1. The average molecular weight is 384 g/mol. The van der Waals surface area contributed by atoms with Crippen LogP contribution in [-0.4, -0.2) is 23.0 Å². The van der Waals surface area contributed by atoms with E-state index in [9.17, 15) is 9.59 Å². The first-order valence-electron chi connectivity index (χ1n) is 8.14. The van der Waals surface area contributed by atoms with E-state index >= 15 is 0 Å². The summed E-state index contributed by atoms with van der Waals surface area (Å²) in [6.45, 7) is 0.